The molecule has 0 saturated carbocycles. The predicted molar refractivity (Wildman–Crippen MR) is 107 cm³/mol. The molecular weight excluding hydrogens is 391 g/mol. The third kappa shape index (κ3) is 4.01. The molecule has 1 atom stereocenters. The summed E-state index contributed by atoms with van der Waals surface area (Å²) < 4.78 is 5.50. The van der Waals surface area contributed by atoms with Gasteiger partial charge in [-0.05, 0) is 36.8 Å². The van der Waals surface area contributed by atoms with Crippen molar-refractivity contribution in [1.29, 1.82) is 0 Å². The lowest BCUT2D eigenvalue weighted by Gasteiger charge is -2.30. The van der Waals surface area contributed by atoms with Crippen LogP contribution < -0.4 is 10.6 Å². The zero-order valence-electron chi connectivity index (χ0n) is 13.9. The molecule has 1 heterocycles. The van der Waals surface area contributed by atoms with E-state index in [4.69, 9.17) is 40.2 Å². The Morgan fingerprint density at radius 3 is 2.42 bits per heavy atom. The van der Waals surface area contributed by atoms with Crippen molar-refractivity contribution in [3.8, 4) is 0 Å². The molecule has 0 radical (unpaired) electrons. The smallest absolute Gasteiger partial charge is 0.338 e. The number of halogens is 2. The Labute approximate surface area is 167 Å². The van der Waals surface area contributed by atoms with Gasteiger partial charge >= 0.3 is 5.97 Å². The van der Waals surface area contributed by atoms with E-state index in [0.717, 1.165) is 5.56 Å². The van der Waals surface area contributed by atoms with Gasteiger partial charge in [0.2, 0.25) is 0 Å². The number of esters is 1. The summed E-state index contributed by atoms with van der Waals surface area (Å²) in [4.78, 5) is 12.8. The number of rotatable bonds is 4. The first kappa shape index (κ1) is 18.7. The normalized spacial score (nSPS) is 16.7. The number of nitrogens with one attached hydrogen (secondary N) is 2. The van der Waals surface area contributed by atoms with Gasteiger partial charge in [0, 0.05) is 21.3 Å². The van der Waals surface area contributed by atoms with Crippen molar-refractivity contribution < 1.29 is 9.53 Å². The number of allylic oxidation sites excluding steroid dienone is 1. The molecule has 0 aromatic heterocycles. The fraction of sp³-hybridized carbons (Fsp3) is 0.158. The van der Waals surface area contributed by atoms with E-state index >= 15 is 0 Å². The van der Waals surface area contributed by atoms with Crippen LogP contribution in [0.15, 0.2) is 59.8 Å². The van der Waals surface area contributed by atoms with E-state index in [1.165, 1.54) is 0 Å². The predicted octanol–water partition coefficient (Wildman–Crippen LogP) is 4.53. The second-order valence-electron chi connectivity index (χ2n) is 5.77. The molecular formula is C19H16Cl2N2O2S. The molecule has 2 N–H and O–H groups in total. The zero-order valence-corrected chi connectivity index (χ0v) is 16.2. The van der Waals surface area contributed by atoms with Crippen LogP contribution >= 0.6 is 35.4 Å². The summed E-state index contributed by atoms with van der Waals surface area (Å²) in [6.07, 6.45) is 0. The van der Waals surface area contributed by atoms with Crippen LogP contribution in [0.5, 0.6) is 0 Å². The largest absolute Gasteiger partial charge is 0.457 e. The number of hydrogen-bond acceptors (Lipinski definition) is 3. The van der Waals surface area contributed by atoms with Crippen molar-refractivity contribution in [1.82, 2.24) is 10.6 Å². The van der Waals surface area contributed by atoms with E-state index < -0.39 is 12.0 Å². The van der Waals surface area contributed by atoms with Crippen LogP contribution in [0.25, 0.3) is 0 Å². The minimum Gasteiger partial charge on any atom is -0.457 e. The first-order valence-electron chi connectivity index (χ1n) is 7.90. The van der Waals surface area contributed by atoms with Crippen molar-refractivity contribution in [2.24, 2.45) is 0 Å². The standard InChI is InChI=1S/C19H16Cl2N2O2S/c1-11-15(18(24)25-10-12-6-3-2-4-7-12)17(23-19(26)22-11)16-13(20)8-5-9-14(16)21/h2-9,17H,10H2,1H3,(H2,22,23,26)/t17-/m0/s1. The Hall–Kier alpha value is -2.08. The zero-order chi connectivity index (χ0) is 18.7. The topological polar surface area (TPSA) is 50.4 Å². The molecule has 0 amide bonds. The highest BCUT2D eigenvalue weighted by Gasteiger charge is 2.33. The molecule has 1 aliphatic rings. The molecule has 0 aliphatic carbocycles. The van der Waals surface area contributed by atoms with Crippen molar-refractivity contribution in [3.63, 3.8) is 0 Å². The first-order chi connectivity index (χ1) is 12.5. The molecule has 0 spiro atoms. The van der Waals surface area contributed by atoms with E-state index in [2.05, 4.69) is 10.6 Å². The Bertz CT molecular complexity index is 864. The number of hydrogen-bond donors (Lipinski definition) is 2. The van der Waals surface area contributed by atoms with Crippen LogP contribution in [-0.4, -0.2) is 11.1 Å². The Morgan fingerprint density at radius 1 is 1.12 bits per heavy atom. The highest BCUT2D eigenvalue weighted by molar-refractivity contribution is 7.80. The van der Waals surface area contributed by atoms with Gasteiger partial charge in [0.05, 0.1) is 11.6 Å². The number of thiocarbonyl (C=S) groups is 1. The van der Waals surface area contributed by atoms with Crippen LogP contribution in [0.1, 0.15) is 24.1 Å². The van der Waals surface area contributed by atoms with Crippen molar-refractivity contribution in [2.45, 2.75) is 19.6 Å². The number of carbonyl (C=O) groups is 1. The van der Waals surface area contributed by atoms with E-state index in [0.29, 0.717) is 32.0 Å². The summed E-state index contributed by atoms with van der Waals surface area (Å²) in [6, 6.07) is 14.1. The van der Waals surface area contributed by atoms with Gasteiger partial charge in [-0.3, -0.25) is 0 Å². The molecule has 4 nitrogen and oxygen atoms in total. The Kier molecular flexibility index (Phi) is 5.81. The third-order valence-electron chi connectivity index (χ3n) is 3.99. The molecule has 7 heteroatoms. The first-order valence-corrected chi connectivity index (χ1v) is 9.07. The molecule has 3 rings (SSSR count). The Morgan fingerprint density at radius 2 is 1.77 bits per heavy atom. The molecule has 2 aromatic rings. The van der Waals surface area contributed by atoms with Crippen molar-refractivity contribution in [2.75, 3.05) is 0 Å². The lowest BCUT2D eigenvalue weighted by molar-refractivity contribution is -0.140. The van der Waals surface area contributed by atoms with Crippen LogP contribution in [0.2, 0.25) is 10.0 Å². The van der Waals surface area contributed by atoms with Gasteiger partial charge in [-0.15, -0.1) is 0 Å². The SMILES string of the molecule is CC1=C(C(=O)OCc2ccccc2)[C@@H](c2c(Cl)cccc2Cl)NC(=S)N1. The summed E-state index contributed by atoms with van der Waals surface area (Å²) in [6.45, 7) is 1.94. The fourth-order valence-corrected chi connectivity index (χ4v) is 3.65. The van der Waals surface area contributed by atoms with Crippen LogP contribution in [0.4, 0.5) is 0 Å². The van der Waals surface area contributed by atoms with Crippen molar-refractivity contribution >= 4 is 46.5 Å². The van der Waals surface area contributed by atoms with Crippen molar-refractivity contribution in [3.05, 3.63) is 81.0 Å². The van der Waals surface area contributed by atoms with Gasteiger partial charge in [0.25, 0.3) is 0 Å². The quantitative estimate of drug-likeness (QED) is 0.576. The van der Waals surface area contributed by atoms with Crippen LogP contribution in [0.3, 0.4) is 0 Å². The average Bonchev–Trinajstić information content (AvgIpc) is 2.60. The fourth-order valence-electron chi connectivity index (χ4n) is 2.77. The van der Waals surface area contributed by atoms with Crippen LogP contribution in [-0.2, 0) is 16.1 Å². The molecule has 0 fully saturated rings. The summed E-state index contributed by atoms with van der Waals surface area (Å²) in [5.74, 6) is -0.463. The second-order valence-corrected chi connectivity index (χ2v) is 6.99. The minimum absolute atomic E-state index is 0.171. The molecule has 0 unspecified atom stereocenters. The van der Waals surface area contributed by atoms with Gasteiger partial charge in [0.1, 0.15) is 6.61 Å². The maximum atomic E-state index is 12.8. The monoisotopic (exact) mass is 406 g/mol. The summed E-state index contributed by atoms with van der Waals surface area (Å²) in [5, 5.41) is 7.31. The Balaban J connectivity index is 1.92. The molecule has 0 bridgehead atoms. The lowest BCUT2D eigenvalue weighted by Crippen LogP contribution is -2.45. The average molecular weight is 407 g/mol. The number of benzene rings is 2. The summed E-state index contributed by atoms with van der Waals surface area (Å²) in [5.41, 5.74) is 2.49. The highest BCUT2D eigenvalue weighted by atomic mass is 35.5. The van der Waals surface area contributed by atoms with Gasteiger partial charge in [0.15, 0.2) is 5.11 Å². The second kappa shape index (κ2) is 8.08. The minimum atomic E-state index is -0.590. The van der Waals surface area contributed by atoms with Gasteiger partial charge in [-0.1, -0.05) is 59.6 Å². The lowest BCUT2D eigenvalue weighted by atomic mass is 9.95. The van der Waals surface area contributed by atoms with E-state index in [1.807, 2.05) is 30.3 Å². The molecule has 1 aliphatic heterocycles. The van der Waals surface area contributed by atoms with E-state index in [9.17, 15) is 4.79 Å². The molecule has 26 heavy (non-hydrogen) atoms. The summed E-state index contributed by atoms with van der Waals surface area (Å²) in [7, 11) is 0. The molecule has 0 saturated heterocycles. The van der Waals surface area contributed by atoms with Gasteiger partial charge in [-0.25, -0.2) is 4.79 Å². The van der Waals surface area contributed by atoms with Crippen LogP contribution in [0, 0.1) is 0 Å². The van der Waals surface area contributed by atoms with Gasteiger partial charge < -0.3 is 15.4 Å². The number of ether oxygens (including phenoxy) is 1. The highest BCUT2D eigenvalue weighted by Crippen LogP contribution is 2.36. The van der Waals surface area contributed by atoms with E-state index in [-0.39, 0.29) is 6.61 Å². The number of carbonyl (C=O) groups excluding carboxylic acids is 1. The van der Waals surface area contributed by atoms with Gasteiger partial charge in [-0.2, -0.15) is 0 Å². The van der Waals surface area contributed by atoms with E-state index in [1.54, 1.807) is 25.1 Å². The summed E-state index contributed by atoms with van der Waals surface area (Å²) >= 11 is 17.9. The maximum Gasteiger partial charge on any atom is 0.338 e. The third-order valence-corrected chi connectivity index (χ3v) is 4.87. The maximum absolute atomic E-state index is 12.8. The molecule has 134 valence electrons. The molecule has 2 aromatic carbocycles.